The van der Waals surface area contributed by atoms with Crippen LogP contribution in [-0.4, -0.2) is 34.8 Å². The van der Waals surface area contributed by atoms with Crippen molar-refractivity contribution in [1.82, 2.24) is 15.1 Å². The van der Waals surface area contributed by atoms with Crippen molar-refractivity contribution in [2.75, 3.05) is 12.8 Å². The molecule has 1 amide bonds. The maximum absolute atomic E-state index is 11.9. The third kappa shape index (κ3) is 3.46. The molecule has 0 spiro atoms. The van der Waals surface area contributed by atoms with Crippen molar-refractivity contribution in [1.29, 1.82) is 0 Å². The van der Waals surface area contributed by atoms with E-state index in [4.69, 9.17) is 5.73 Å². The first-order valence-electron chi connectivity index (χ1n) is 6.14. The molecular weight excluding hydrogens is 248 g/mol. The number of nitrogens with one attached hydrogen (secondary N) is 1. The predicted molar refractivity (Wildman–Crippen MR) is 70.6 cm³/mol. The fourth-order valence-electron chi connectivity index (χ4n) is 1.45. The minimum atomic E-state index is -0.620. The fourth-order valence-corrected chi connectivity index (χ4v) is 1.45. The molecule has 0 fully saturated rings. The molecule has 0 aliphatic heterocycles. The van der Waals surface area contributed by atoms with Gasteiger partial charge in [-0.15, -0.1) is 0 Å². The molecule has 1 rings (SSSR count). The number of nitrogen functional groups attached to an aromatic ring is 1. The third-order valence-corrected chi connectivity index (χ3v) is 2.92. The number of rotatable bonds is 5. The number of esters is 1. The fraction of sp³-hybridized carbons (Fsp3) is 0.583. The van der Waals surface area contributed by atoms with Crippen LogP contribution >= 0.6 is 0 Å². The van der Waals surface area contributed by atoms with E-state index in [9.17, 15) is 9.59 Å². The molecule has 1 aromatic heterocycles. The lowest BCUT2D eigenvalue weighted by Crippen LogP contribution is -2.37. The van der Waals surface area contributed by atoms with Crippen LogP contribution in [0.3, 0.4) is 0 Å². The zero-order valence-electron chi connectivity index (χ0n) is 11.6. The highest BCUT2D eigenvalue weighted by Crippen LogP contribution is 2.14. The van der Waals surface area contributed by atoms with Gasteiger partial charge < -0.3 is 15.8 Å². The SMILES string of the molecule is CCC(C)NC(=O)C(C)n1cc(N)c(C(=O)OC)n1. The number of hydrogen-bond acceptors (Lipinski definition) is 5. The van der Waals surface area contributed by atoms with Gasteiger partial charge in [-0.2, -0.15) is 5.10 Å². The quantitative estimate of drug-likeness (QED) is 0.767. The van der Waals surface area contributed by atoms with Crippen LogP contribution in [0.5, 0.6) is 0 Å². The number of hydrogen-bond donors (Lipinski definition) is 2. The molecule has 3 N–H and O–H groups in total. The van der Waals surface area contributed by atoms with Gasteiger partial charge >= 0.3 is 5.97 Å². The van der Waals surface area contributed by atoms with E-state index in [1.54, 1.807) is 6.92 Å². The van der Waals surface area contributed by atoms with Crippen molar-refractivity contribution in [3.63, 3.8) is 0 Å². The third-order valence-electron chi connectivity index (χ3n) is 2.92. The van der Waals surface area contributed by atoms with Gasteiger partial charge in [0.1, 0.15) is 6.04 Å². The minimum absolute atomic E-state index is 0.0192. The molecule has 0 radical (unpaired) electrons. The molecule has 7 nitrogen and oxygen atoms in total. The second-order valence-electron chi connectivity index (χ2n) is 4.40. The van der Waals surface area contributed by atoms with Gasteiger partial charge in [0, 0.05) is 12.2 Å². The first-order chi connectivity index (χ1) is 8.90. The van der Waals surface area contributed by atoms with Crippen molar-refractivity contribution in [3.05, 3.63) is 11.9 Å². The molecule has 0 aromatic carbocycles. The van der Waals surface area contributed by atoms with E-state index in [2.05, 4.69) is 15.2 Å². The van der Waals surface area contributed by atoms with Gasteiger partial charge in [0.05, 0.1) is 12.8 Å². The molecule has 0 saturated carbocycles. The first-order valence-corrected chi connectivity index (χ1v) is 6.14. The van der Waals surface area contributed by atoms with E-state index in [0.717, 1.165) is 6.42 Å². The molecule has 1 aromatic rings. The normalized spacial score (nSPS) is 13.7. The second-order valence-corrected chi connectivity index (χ2v) is 4.40. The number of ether oxygens (including phenoxy) is 1. The van der Waals surface area contributed by atoms with E-state index in [-0.39, 0.29) is 23.3 Å². The van der Waals surface area contributed by atoms with Gasteiger partial charge in [-0.05, 0) is 20.3 Å². The minimum Gasteiger partial charge on any atom is -0.464 e. The van der Waals surface area contributed by atoms with Crippen LogP contribution in [0.1, 0.15) is 43.7 Å². The predicted octanol–water partition coefficient (Wildman–Crippen LogP) is 0.728. The number of nitrogens with zero attached hydrogens (tertiary/aromatic N) is 2. The summed E-state index contributed by atoms with van der Waals surface area (Å²) in [4.78, 5) is 23.3. The summed E-state index contributed by atoms with van der Waals surface area (Å²) in [6, 6.07) is -0.461. The lowest BCUT2D eigenvalue weighted by atomic mass is 10.2. The topological polar surface area (TPSA) is 99.2 Å². The Labute approximate surface area is 112 Å². The standard InChI is InChI=1S/C12H20N4O3/c1-5-7(2)14-11(17)8(3)16-6-9(13)10(15-16)12(18)19-4/h6-8H,5,13H2,1-4H3,(H,14,17). The Bertz CT molecular complexity index is 470. The van der Waals surface area contributed by atoms with Gasteiger partial charge in [-0.1, -0.05) is 6.92 Å². The van der Waals surface area contributed by atoms with Crippen LogP contribution in [0.2, 0.25) is 0 Å². The van der Waals surface area contributed by atoms with Crippen LogP contribution in [-0.2, 0) is 9.53 Å². The first kappa shape index (κ1) is 15.0. The Morgan fingerprint density at radius 1 is 1.53 bits per heavy atom. The van der Waals surface area contributed by atoms with Gasteiger partial charge in [0.2, 0.25) is 5.91 Å². The molecule has 0 aliphatic rings. The highest BCUT2D eigenvalue weighted by Gasteiger charge is 2.21. The highest BCUT2D eigenvalue weighted by molar-refractivity contribution is 5.92. The summed E-state index contributed by atoms with van der Waals surface area (Å²) in [7, 11) is 1.25. The Hall–Kier alpha value is -2.05. The summed E-state index contributed by atoms with van der Waals surface area (Å²) in [5.74, 6) is -0.793. The van der Waals surface area contributed by atoms with Crippen LogP contribution < -0.4 is 11.1 Å². The molecule has 2 atom stereocenters. The van der Waals surface area contributed by atoms with E-state index in [0.29, 0.717) is 0 Å². The van der Waals surface area contributed by atoms with Crippen LogP contribution in [0.4, 0.5) is 5.69 Å². The molecule has 2 unspecified atom stereocenters. The van der Waals surface area contributed by atoms with Crippen LogP contribution in [0.25, 0.3) is 0 Å². The molecule has 0 saturated heterocycles. The lowest BCUT2D eigenvalue weighted by molar-refractivity contribution is -0.124. The van der Waals surface area contributed by atoms with E-state index in [1.165, 1.54) is 18.0 Å². The summed E-state index contributed by atoms with van der Waals surface area (Å²) >= 11 is 0. The summed E-state index contributed by atoms with van der Waals surface area (Å²) in [6.07, 6.45) is 2.29. The van der Waals surface area contributed by atoms with Crippen molar-refractivity contribution < 1.29 is 14.3 Å². The summed E-state index contributed by atoms with van der Waals surface area (Å²) in [5, 5.41) is 6.83. The summed E-state index contributed by atoms with van der Waals surface area (Å²) in [5.41, 5.74) is 5.88. The lowest BCUT2D eigenvalue weighted by Gasteiger charge is -2.16. The smallest absolute Gasteiger partial charge is 0.360 e. The van der Waals surface area contributed by atoms with E-state index >= 15 is 0 Å². The van der Waals surface area contributed by atoms with Crippen molar-refractivity contribution in [3.8, 4) is 0 Å². The van der Waals surface area contributed by atoms with Crippen molar-refractivity contribution >= 4 is 17.6 Å². The molecule has 106 valence electrons. The number of anilines is 1. The zero-order chi connectivity index (χ0) is 14.6. The van der Waals surface area contributed by atoms with E-state index in [1.807, 2.05) is 13.8 Å². The average molecular weight is 268 g/mol. The molecule has 0 bridgehead atoms. The van der Waals surface area contributed by atoms with Gasteiger partial charge in [-0.25, -0.2) is 4.79 Å². The number of nitrogens with two attached hydrogens (primary N) is 1. The monoisotopic (exact) mass is 268 g/mol. The molecule has 1 heterocycles. The Kier molecular flexibility index (Phi) is 4.91. The van der Waals surface area contributed by atoms with Crippen LogP contribution in [0.15, 0.2) is 6.20 Å². The maximum Gasteiger partial charge on any atom is 0.360 e. The number of aromatic nitrogens is 2. The largest absolute Gasteiger partial charge is 0.464 e. The highest BCUT2D eigenvalue weighted by atomic mass is 16.5. The van der Waals surface area contributed by atoms with E-state index < -0.39 is 12.0 Å². The number of carbonyl (C=O) groups excluding carboxylic acids is 2. The molecular formula is C12H20N4O3. The maximum atomic E-state index is 11.9. The van der Waals surface area contributed by atoms with Crippen molar-refractivity contribution in [2.45, 2.75) is 39.3 Å². The number of amides is 1. The van der Waals surface area contributed by atoms with Gasteiger partial charge in [0.15, 0.2) is 5.69 Å². The Morgan fingerprint density at radius 2 is 2.16 bits per heavy atom. The Balaban J connectivity index is 2.86. The molecule has 7 heteroatoms. The molecule has 0 aliphatic carbocycles. The van der Waals surface area contributed by atoms with Gasteiger partial charge in [-0.3, -0.25) is 9.48 Å². The second kappa shape index (κ2) is 6.21. The number of methoxy groups -OCH3 is 1. The number of carbonyl (C=O) groups is 2. The summed E-state index contributed by atoms with van der Waals surface area (Å²) in [6.45, 7) is 5.59. The average Bonchev–Trinajstić information content (AvgIpc) is 2.78. The zero-order valence-corrected chi connectivity index (χ0v) is 11.6. The summed E-state index contributed by atoms with van der Waals surface area (Å²) < 4.78 is 5.92. The van der Waals surface area contributed by atoms with Crippen molar-refractivity contribution in [2.24, 2.45) is 0 Å². The van der Waals surface area contributed by atoms with Gasteiger partial charge in [0.25, 0.3) is 0 Å². The Morgan fingerprint density at radius 3 is 2.68 bits per heavy atom. The molecule has 19 heavy (non-hydrogen) atoms. The van der Waals surface area contributed by atoms with Crippen LogP contribution in [0, 0.1) is 0 Å².